The number of esters is 2. The average molecular weight is 433 g/mol. The van der Waals surface area contributed by atoms with E-state index < -0.39 is 17.5 Å². The molecule has 7 unspecified atom stereocenters. The van der Waals surface area contributed by atoms with Crippen molar-refractivity contribution in [3.63, 3.8) is 0 Å². The molecule has 4 aliphatic carbocycles. The van der Waals surface area contributed by atoms with E-state index in [1.807, 2.05) is 0 Å². The Kier molecular flexibility index (Phi) is 5.58. The van der Waals surface area contributed by atoms with Crippen LogP contribution < -0.4 is 0 Å². The van der Waals surface area contributed by atoms with Crippen molar-refractivity contribution in [3.8, 4) is 0 Å². The fourth-order valence-electron chi connectivity index (χ4n) is 7.98. The Morgan fingerprint density at radius 3 is 2.35 bits per heavy atom. The summed E-state index contributed by atoms with van der Waals surface area (Å²) in [5.74, 6) is 1.07. The van der Waals surface area contributed by atoms with Gasteiger partial charge in [-0.25, -0.2) is 0 Å². The zero-order valence-corrected chi connectivity index (χ0v) is 19.3. The van der Waals surface area contributed by atoms with Crippen molar-refractivity contribution in [3.05, 3.63) is 0 Å². The number of rotatable bonds is 4. The van der Waals surface area contributed by atoms with E-state index in [1.165, 1.54) is 13.8 Å². The van der Waals surface area contributed by atoms with Crippen LogP contribution in [0.5, 0.6) is 0 Å². The smallest absolute Gasteiger partial charge is 0.303 e. The van der Waals surface area contributed by atoms with E-state index in [2.05, 4.69) is 13.8 Å². The second kappa shape index (κ2) is 7.70. The van der Waals surface area contributed by atoms with E-state index in [1.54, 1.807) is 0 Å². The molecule has 6 heteroatoms. The number of carbonyl (C=O) groups excluding carboxylic acids is 4. The Balaban J connectivity index is 1.56. The van der Waals surface area contributed by atoms with Gasteiger partial charge in [-0.15, -0.1) is 0 Å². The van der Waals surface area contributed by atoms with Gasteiger partial charge in [0.15, 0.2) is 12.2 Å². The molecule has 0 saturated heterocycles. The first-order valence-corrected chi connectivity index (χ1v) is 11.9. The third-order valence-electron chi connectivity index (χ3n) is 9.67. The number of carbonyl (C=O) groups is 4. The summed E-state index contributed by atoms with van der Waals surface area (Å²) < 4.78 is 10.6. The number of hydrogen-bond acceptors (Lipinski definition) is 6. The van der Waals surface area contributed by atoms with Crippen molar-refractivity contribution in [2.75, 3.05) is 6.61 Å². The van der Waals surface area contributed by atoms with Crippen molar-refractivity contribution < 1.29 is 28.7 Å². The molecular weight excluding hydrogens is 396 g/mol. The lowest BCUT2D eigenvalue weighted by Crippen LogP contribution is -2.59. The Morgan fingerprint density at radius 2 is 1.68 bits per heavy atom. The van der Waals surface area contributed by atoms with Gasteiger partial charge in [0, 0.05) is 25.7 Å². The molecule has 31 heavy (non-hydrogen) atoms. The second-order valence-corrected chi connectivity index (χ2v) is 11.1. The highest BCUT2D eigenvalue weighted by atomic mass is 16.6. The normalized spacial score (nSPS) is 43.9. The first kappa shape index (κ1) is 22.5. The van der Waals surface area contributed by atoms with Gasteiger partial charge in [-0.2, -0.15) is 0 Å². The van der Waals surface area contributed by atoms with E-state index in [9.17, 15) is 19.2 Å². The average Bonchev–Trinajstić information content (AvgIpc) is 3.01. The van der Waals surface area contributed by atoms with Crippen molar-refractivity contribution in [2.24, 2.45) is 34.5 Å². The molecule has 4 saturated carbocycles. The summed E-state index contributed by atoms with van der Waals surface area (Å²) in [6, 6.07) is 0. The minimum Gasteiger partial charge on any atom is -0.458 e. The van der Waals surface area contributed by atoms with Crippen LogP contribution in [0.4, 0.5) is 0 Å². The third kappa shape index (κ3) is 3.54. The summed E-state index contributed by atoms with van der Waals surface area (Å²) in [4.78, 5) is 48.8. The first-order chi connectivity index (χ1) is 14.5. The van der Waals surface area contributed by atoms with Gasteiger partial charge in [-0.1, -0.05) is 13.8 Å². The van der Waals surface area contributed by atoms with Crippen LogP contribution in [0.1, 0.15) is 85.5 Å². The Morgan fingerprint density at radius 1 is 0.935 bits per heavy atom. The van der Waals surface area contributed by atoms with E-state index in [4.69, 9.17) is 9.47 Å². The fraction of sp³-hybridized carbons (Fsp3) is 0.840. The van der Waals surface area contributed by atoms with Gasteiger partial charge in [-0.3, -0.25) is 19.2 Å². The molecule has 4 aliphatic rings. The largest absolute Gasteiger partial charge is 0.458 e. The highest BCUT2D eigenvalue weighted by molar-refractivity contribution is 5.91. The summed E-state index contributed by atoms with van der Waals surface area (Å²) in [5.41, 5.74) is -1.24. The maximum absolute atomic E-state index is 13.1. The maximum atomic E-state index is 13.1. The van der Waals surface area contributed by atoms with Crippen molar-refractivity contribution >= 4 is 23.5 Å². The zero-order chi connectivity index (χ0) is 22.6. The number of fused-ring (bicyclic) bond motifs is 5. The highest BCUT2D eigenvalue weighted by Crippen LogP contribution is 2.66. The lowest BCUT2D eigenvalue weighted by atomic mass is 9.44. The lowest BCUT2D eigenvalue weighted by Gasteiger charge is -2.61. The predicted molar refractivity (Wildman–Crippen MR) is 113 cm³/mol. The third-order valence-corrected chi connectivity index (χ3v) is 9.67. The molecule has 7 atom stereocenters. The molecule has 0 amide bonds. The molecule has 0 aromatic carbocycles. The quantitative estimate of drug-likeness (QED) is 0.623. The van der Waals surface area contributed by atoms with Gasteiger partial charge in [0.1, 0.15) is 5.78 Å². The predicted octanol–water partition coefficient (Wildman–Crippen LogP) is 4.03. The monoisotopic (exact) mass is 432 g/mol. The molecule has 0 heterocycles. The number of ether oxygens (including phenoxy) is 2. The molecule has 4 fully saturated rings. The molecule has 172 valence electrons. The van der Waals surface area contributed by atoms with E-state index >= 15 is 0 Å². The SMILES string of the molecule is CC(=O)OCC(=O)C1(OC(C)=O)CCC2(C)C(CCC3C4CCC(=O)C4(C)CCC32)C1. The molecule has 0 bridgehead atoms. The number of hydrogen-bond donors (Lipinski definition) is 0. The van der Waals surface area contributed by atoms with Crippen LogP contribution in [0.3, 0.4) is 0 Å². The molecule has 4 rings (SSSR count). The van der Waals surface area contributed by atoms with E-state index in [0.29, 0.717) is 36.4 Å². The number of Topliss-reactive ketones (excluding diaryl/α,β-unsaturated/α-hetero) is 2. The van der Waals surface area contributed by atoms with Gasteiger partial charge < -0.3 is 9.47 Å². The van der Waals surface area contributed by atoms with Crippen molar-refractivity contribution in [1.29, 1.82) is 0 Å². The van der Waals surface area contributed by atoms with Crippen LogP contribution in [0.15, 0.2) is 0 Å². The molecule has 0 N–H and O–H groups in total. The minimum absolute atomic E-state index is 0.0846. The molecule has 0 spiro atoms. The van der Waals surface area contributed by atoms with E-state index in [0.717, 1.165) is 44.9 Å². The molecule has 0 radical (unpaired) electrons. The number of ketones is 2. The fourth-order valence-corrected chi connectivity index (χ4v) is 7.98. The van der Waals surface area contributed by atoms with Crippen LogP contribution in [0.2, 0.25) is 0 Å². The Hall–Kier alpha value is -1.72. The molecule has 0 aromatic heterocycles. The summed E-state index contributed by atoms with van der Waals surface area (Å²) in [6.45, 7) is 6.82. The van der Waals surface area contributed by atoms with Crippen LogP contribution in [-0.2, 0) is 28.7 Å². The van der Waals surface area contributed by atoms with Crippen molar-refractivity contribution in [2.45, 2.75) is 91.1 Å². The van der Waals surface area contributed by atoms with Crippen LogP contribution in [-0.4, -0.2) is 35.7 Å². The highest BCUT2D eigenvalue weighted by Gasteiger charge is 2.62. The Bertz CT molecular complexity index is 804. The van der Waals surface area contributed by atoms with Crippen LogP contribution >= 0.6 is 0 Å². The van der Waals surface area contributed by atoms with Gasteiger partial charge in [0.25, 0.3) is 0 Å². The standard InChI is InChI=1S/C25H36O6/c1-15(26)30-14-22(29)25(31-16(2)27)12-11-23(3)17(13-25)5-6-18-19-7-8-21(28)24(19,4)10-9-20(18)23/h17-20H,5-14H2,1-4H3. The van der Waals surface area contributed by atoms with E-state index in [-0.39, 0.29) is 29.1 Å². The molecular formula is C25H36O6. The summed E-state index contributed by atoms with van der Waals surface area (Å²) >= 11 is 0. The van der Waals surface area contributed by atoms with Crippen LogP contribution in [0.25, 0.3) is 0 Å². The maximum Gasteiger partial charge on any atom is 0.303 e. The minimum atomic E-state index is -1.19. The summed E-state index contributed by atoms with van der Waals surface area (Å²) in [6.07, 6.45) is 7.65. The van der Waals surface area contributed by atoms with Gasteiger partial charge in [-0.05, 0) is 80.5 Å². The van der Waals surface area contributed by atoms with Gasteiger partial charge in [0.05, 0.1) is 0 Å². The molecule has 0 aromatic rings. The van der Waals surface area contributed by atoms with Crippen molar-refractivity contribution in [1.82, 2.24) is 0 Å². The first-order valence-electron chi connectivity index (χ1n) is 11.9. The van der Waals surface area contributed by atoms with Gasteiger partial charge in [0.2, 0.25) is 5.78 Å². The molecule has 6 nitrogen and oxygen atoms in total. The zero-order valence-electron chi connectivity index (χ0n) is 19.3. The van der Waals surface area contributed by atoms with Gasteiger partial charge >= 0.3 is 11.9 Å². The summed E-state index contributed by atoms with van der Waals surface area (Å²) in [7, 11) is 0. The lowest BCUT2D eigenvalue weighted by molar-refractivity contribution is -0.189. The summed E-state index contributed by atoms with van der Waals surface area (Å²) in [5, 5.41) is 0. The Labute approximate surface area is 184 Å². The van der Waals surface area contributed by atoms with Crippen LogP contribution in [0, 0.1) is 34.5 Å². The second-order valence-electron chi connectivity index (χ2n) is 11.1. The topological polar surface area (TPSA) is 86.7 Å². The molecule has 0 aliphatic heterocycles.